The average Bonchev–Trinajstić information content (AvgIpc) is 3.21. The third-order valence-electron chi connectivity index (χ3n) is 5.45. The van der Waals surface area contributed by atoms with Gasteiger partial charge in [0.15, 0.2) is 5.11 Å². The van der Waals surface area contributed by atoms with Gasteiger partial charge in [-0.25, -0.2) is 0 Å². The van der Waals surface area contributed by atoms with Gasteiger partial charge in [-0.05, 0) is 88.5 Å². The van der Waals surface area contributed by atoms with E-state index >= 15 is 0 Å². The summed E-state index contributed by atoms with van der Waals surface area (Å²) < 4.78 is 6.75. The fourth-order valence-electron chi connectivity index (χ4n) is 3.57. The lowest BCUT2D eigenvalue weighted by Crippen LogP contribution is -2.34. The molecule has 0 fully saturated rings. The fourth-order valence-corrected chi connectivity index (χ4v) is 5.16. The molecule has 10 heteroatoms. The lowest BCUT2D eigenvalue weighted by molar-refractivity contribution is 0.0974. The number of ether oxygens (including phenoxy) is 1. The van der Waals surface area contributed by atoms with Gasteiger partial charge in [-0.15, -0.1) is 10.2 Å². The van der Waals surface area contributed by atoms with Crippen LogP contribution in [0, 0.1) is 6.92 Å². The number of anilines is 1. The number of hydrogen-bond acceptors (Lipinski definition) is 5. The highest BCUT2D eigenvalue weighted by atomic mass is 79.9. The molecule has 2 N–H and O–H groups in total. The molecule has 1 aromatic heterocycles. The number of carbonyl (C=O) groups is 1. The molecule has 0 aliphatic heterocycles. The maximum Gasteiger partial charge on any atom is 0.261 e. The van der Waals surface area contributed by atoms with Crippen LogP contribution < -0.4 is 15.4 Å². The number of rotatable bonds is 5. The summed E-state index contributed by atoms with van der Waals surface area (Å²) in [6, 6.07) is 15.5. The fraction of sp³-hybridized carbons (Fsp3) is 0.200. The van der Waals surface area contributed by atoms with Crippen LogP contribution in [0.4, 0.5) is 5.69 Å². The number of halogens is 2. The van der Waals surface area contributed by atoms with Gasteiger partial charge in [0.05, 0.1) is 22.8 Å². The smallest absolute Gasteiger partial charge is 0.261 e. The monoisotopic (exact) mass is 615 g/mol. The van der Waals surface area contributed by atoms with Crippen LogP contribution in [-0.2, 0) is 0 Å². The highest BCUT2D eigenvalue weighted by molar-refractivity contribution is 9.11. The second kappa shape index (κ2) is 10.4. The molecule has 0 unspecified atom stereocenters. The number of thiocarbonyl (C=S) groups is 1. The van der Waals surface area contributed by atoms with Crippen LogP contribution in [-0.4, -0.2) is 33.1 Å². The predicted octanol–water partition coefficient (Wildman–Crippen LogP) is 6.51. The Morgan fingerprint density at radius 1 is 1.06 bits per heavy atom. The number of amides is 1. The van der Waals surface area contributed by atoms with Gasteiger partial charge in [0.1, 0.15) is 16.8 Å². The number of aryl methyl sites for hydroxylation is 1. The summed E-state index contributed by atoms with van der Waals surface area (Å²) in [5, 5.41) is 15.2. The van der Waals surface area contributed by atoms with Crippen molar-refractivity contribution in [2.45, 2.75) is 26.7 Å². The predicted molar refractivity (Wildman–Crippen MR) is 150 cm³/mol. The second-order valence-corrected chi connectivity index (χ2v) is 10.4. The highest BCUT2D eigenvalue weighted by Crippen LogP contribution is 2.32. The Balaban J connectivity index is 1.54. The van der Waals surface area contributed by atoms with E-state index < -0.39 is 5.91 Å². The minimum absolute atomic E-state index is 0.160. The highest BCUT2D eigenvalue weighted by Gasteiger charge is 2.18. The first-order chi connectivity index (χ1) is 16.7. The molecular formula is C25H23Br2N5O2S. The van der Waals surface area contributed by atoms with E-state index in [2.05, 4.69) is 78.7 Å². The zero-order chi connectivity index (χ0) is 25.3. The summed E-state index contributed by atoms with van der Waals surface area (Å²) in [4.78, 5) is 14.5. The van der Waals surface area contributed by atoms with Gasteiger partial charge in [-0.2, -0.15) is 4.80 Å². The number of nitrogens with one attached hydrogen (secondary N) is 2. The van der Waals surface area contributed by atoms with Crippen molar-refractivity contribution in [1.82, 2.24) is 20.3 Å². The van der Waals surface area contributed by atoms with Crippen molar-refractivity contribution in [3.05, 3.63) is 74.2 Å². The van der Waals surface area contributed by atoms with Gasteiger partial charge in [-0.3, -0.25) is 10.1 Å². The number of aromatic nitrogens is 3. The van der Waals surface area contributed by atoms with E-state index in [4.69, 9.17) is 17.0 Å². The number of methoxy groups -OCH3 is 1. The number of hydrogen-bond donors (Lipinski definition) is 2. The van der Waals surface area contributed by atoms with Crippen molar-refractivity contribution < 1.29 is 9.53 Å². The Hall–Kier alpha value is -2.82. The quantitative estimate of drug-likeness (QED) is 0.249. The van der Waals surface area contributed by atoms with E-state index in [1.54, 1.807) is 16.9 Å². The largest absolute Gasteiger partial charge is 0.495 e. The topological polar surface area (TPSA) is 81.1 Å². The average molecular weight is 617 g/mol. The standard InChI is InChI=1S/C25H23Br2N5O2S/c1-13(2)15-5-7-17(8-6-15)32-30-21-9-14(3)20(12-22(21)31-32)28-25(35)29-24(33)18-10-16(26)11-19(27)23(18)34-4/h5-13H,1-4H3,(H2,28,29,33,35). The van der Waals surface area contributed by atoms with Gasteiger partial charge in [-0.1, -0.05) is 41.9 Å². The second-order valence-electron chi connectivity index (χ2n) is 8.27. The van der Waals surface area contributed by atoms with Crippen molar-refractivity contribution >= 4 is 71.8 Å². The van der Waals surface area contributed by atoms with Crippen LogP contribution in [0.5, 0.6) is 5.75 Å². The number of nitrogens with zero attached hydrogens (tertiary/aromatic N) is 3. The molecule has 3 aromatic carbocycles. The number of carbonyl (C=O) groups excluding carboxylic acids is 1. The molecule has 0 aliphatic carbocycles. The first-order valence-corrected chi connectivity index (χ1v) is 12.8. The molecule has 0 bridgehead atoms. The van der Waals surface area contributed by atoms with Crippen LogP contribution in [0.1, 0.15) is 41.3 Å². The summed E-state index contributed by atoms with van der Waals surface area (Å²) in [5.74, 6) is 0.486. The zero-order valence-electron chi connectivity index (χ0n) is 19.5. The van der Waals surface area contributed by atoms with Crippen molar-refractivity contribution in [3.63, 3.8) is 0 Å². The molecule has 0 spiro atoms. The molecule has 0 saturated carbocycles. The maximum absolute atomic E-state index is 12.9. The van der Waals surface area contributed by atoms with E-state index in [1.165, 1.54) is 12.7 Å². The third-order valence-corrected chi connectivity index (χ3v) is 6.70. The Kier molecular flexibility index (Phi) is 7.53. The summed E-state index contributed by atoms with van der Waals surface area (Å²) in [6.45, 7) is 6.26. The molecule has 35 heavy (non-hydrogen) atoms. The van der Waals surface area contributed by atoms with Gasteiger partial charge in [0.2, 0.25) is 0 Å². The maximum atomic E-state index is 12.9. The van der Waals surface area contributed by atoms with E-state index in [0.29, 0.717) is 27.2 Å². The van der Waals surface area contributed by atoms with Crippen LogP contribution >= 0.6 is 44.1 Å². The Morgan fingerprint density at radius 3 is 2.34 bits per heavy atom. The lowest BCUT2D eigenvalue weighted by Gasteiger charge is -2.14. The van der Waals surface area contributed by atoms with Crippen molar-refractivity contribution in [2.24, 2.45) is 0 Å². The normalized spacial score (nSPS) is 11.1. The minimum Gasteiger partial charge on any atom is -0.495 e. The molecule has 0 atom stereocenters. The summed E-state index contributed by atoms with van der Waals surface area (Å²) in [6.07, 6.45) is 0. The first kappa shape index (κ1) is 25.3. The van der Waals surface area contributed by atoms with Crippen molar-refractivity contribution in [2.75, 3.05) is 12.4 Å². The molecule has 7 nitrogen and oxygen atoms in total. The molecule has 4 rings (SSSR count). The molecular weight excluding hydrogens is 594 g/mol. The van der Waals surface area contributed by atoms with E-state index in [9.17, 15) is 4.79 Å². The van der Waals surface area contributed by atoms with E-state index in [0.717, 1.165) is 26.9 Å². The number of benzene rings is 3. The zero-order valence-corrected chi connectivity index (χ0v) is 23.5. The third kappa shape index (κ3) is 5.55. The molecule has 1 heterocycles. The van der Waals surface area contributed by atoms with Gasteiger partial charge in [0, 0.05) is 10.2 Å². The Morgan fingerprint density at radius 2 is 1.71 bits per heavy atom. The Labute approximate surface area is 225 Å². The van der Waals surface area contributed by atoms with Crippen LogP contribution in [0.25, 0.3) is 16.7 Å². The molecule has 0 saturated heterocycles. The van der Waals surface area contributed by atoms with Crippen LogP contribution in [0.3, 0.4) is 0 Å². The van der Waals surface area contributed by atoms with Gasteiger partial charge in [0.25, 0.3) is 5.91 Å². The minimum atomic E-state index is -0.393. The van der Waals surface area contributed by atoms with E-state index in [-0.39, 0.29) is 5.11 Å². The molecule has 4 aromatic rings. The number of fused-ring (bicyclic) bond motifs is 1. The van der Waals surface area contributed by atoms with Gasteiger partial charge >= 0.3 is 0 Å². The van der Waals surface area contributed by atoms with Crippen LogP contribution in [0.2, 0.25) is 0 Å². The SMILES string of the molecule is COc1c(Br)cc(Br)cc1C(=O)NC(=S)Nc1cc2nn(-c3ccc(C(C)C)cc3)nc2cc1C. The first-order valence-electron chi connectivity index (χ1n) is 10.8. The van der Waals surface area contributed by atoms with Crippen LogP contribution in [0.15, 0.2) is 57.5 Å². The molecule has 0 radical (unpaired) electrons. The Bertz CT molecular complexity index is 1430. The molecule has 180 valence electrons. The van der Waals surface area contributed by atoms with E-state index in [1.807, 2.05) is 31.2 Å². The summed E-state index contributed by atoms with van der Waals surface area (Å²) in [5.41, 5.74) is 5.60. The van der Waals surface area contributed by atoms with Crippen molar-refractivity contribution in [3.8, 4) is 11.4 Å². The summed E-state index contributed by atoms with van der Waals surface area (Å²) in [7, 11) is 1.51. The lowest BCUT2D eigenvalue weighted by atomic mass is 10.0. The van der Waals surface area contributed by atoms with Gasteiger partial charge < -0.3 is 10.1 Å². The molecule has 1 amide bonds. The van der Waals surface area contributed by atoms with Crippen molar-refractivity contribution in [1.29, 1.82) is 0 Å². The summed E-state index contributed by atoms with van der Waals surface area (Å²) >= 11 is 12.2. The molecule has 0 aliphatic rings.